The van der Waals surface area contributed by atoms with Gasteiger partial charge < -0.3 is 10.3 Å². The van der Waals surface area contributed by atoms with E-state index in [9.17, 15) is 0 Å². The van der Waals surface area contributed by atoms with Gasteiger partial charge in [0.2, 0.25) is 4.77 Å². The number of aryl methyl sites for hydroxylation is 3. The molecule has 74 valence electrons. The molecule has 14 heavy (non-hydrogen) atoms. The lowest BCUT2D eigenvalue weighted by molar-refractivity contribution is 0.900. The summed E-state index contributed by atoms with van der Waals surface area (Å²) in [6.45, 7) is 4.15. The van der Waals surface area contributed by atoms with Crippen molar-refractivity contribution in [2.45, 2.75) is 13.8 Å². The van der Waals surface area contributed by atoms with Gasteiger partial charge in [-0.1, -0.05) is 0 Å². The van der Waals surface area contributed by atoms with Gasteiger partial charge in [0.25, 0.3) is 0 Å². The number of thiophene rings is 1. The van der Waals surface area contributed by atoms with E-state index in [2.05, 4.69) is 18.8 Å². The first-order valence-corrected chi connectivity index (χ1v) is 5.47. The van der Waals surface area contributed by atoms with Crippen LogP contribution in [0.2, 0.25) is 0 Å². The van der Waals surface area contributed by atoms with Crippen LogP contribution in [-0.2, 0) is 7.05 Å². The molecule has 0 spiro atoms. The lowest BCUT2D eigenvalue weighted by atomic mass is 10.2. The number of anilines is 1. The number of nitrogen functional groups attached to an aromatic ring is 1. The Balaban J connectivity index is 3.09. The standard InChI is InChI=1S/C9H11N3S2/c1-4-5(2)14-8-6(4)7(10)11-9(13)12(8)3/h1-3H3,(H2,10,11,13). The Bertz CT molecular complexity index is 565. The number of fused-ring (bicyclic) bond motifs is 1. The molecule has 0 fully saturated rings. The molecule has 3 nitrogen and oxygen atoms in total. The maximum Gasteiger partial charge on any atom is 0.202 e. The second-order valence-corrected chi connectivity index (χ2v) is 4.87. The molecule has 0 unspecified atom stereocenters. The lowest BCUT2D eigenvalue weighted by Gasteiger charge is -2.02. The summed E-state index contributed by atoms with van der Waals surface area (Å²) in [4.78, 5) is 6.51. The molecule has 2 heterocycles. The van der Waals surface area contributed by atoms with Gasteiger partial charge >= 0.3 is 0 Å². The number of nitrogens with zero attached hydrogens (tertiary/aromatic N) is 2. The highest BCUT2D eigenvalue weighted by Gasteiger charge is 2.11. The first kappa shape index (κ1) is 9.61. The van der Waals surface area contributed by atoms with E-state index in [1.54, 1.807) is 11.3 Å². The SMILES string of the molecule is Cc1sc2c(c(N)nc(=S)n2C)c1C. The highest BCUT2D eigenvalue weighted by molar-refractivity contribution is 7.71. The topological polar surface area (TPSA) is 43.8 Å². The zero-order chi connectivity index (χ0) is 10.5. The Kier molecular flexibility index (Phi) is 2.08. The second kappa shape index (κ2) is 3.03. The molecule has 0 radical (unpaired) electrons. The molecule has 0 aliphatic heterocycles. The van der Waals surface area contributed by atoms with Crippen LogP contribution in [0.3, 0.4) is 0 Å². The zero-order valence-corrected chi connectivity index (χ0v) is 9.92. The third-order valence-electron chi connectivity index (χ3n) is 2.43. The molecular formula is C9H11N3S2. The number of rotatable bonds is 0. The first-order chi connectivity index (χ1) is 6.52. The average Bonchev–Trinajstić information content (AvgIpc) is 2.40. The molecule has 0 saturated carbocycles. The summed E-state index contributed by atoms with van der Waals surface area (Å²) in [5.41, 5.74) is 7.06. The largest absolute Gasteiger partial charge is 0.383 e. The Morgan fingerprint density at radius 2 is 2.07 bits per heavy atom. The monoisotopic (exact) mass is 225 g/mol. The molecule has 0 aromatic carbocycles. The molecule has 0 saturated heterocycles. The zero-order valence-electron chi connectivity index (χ0n) is 8.29. The van der Waals surface area contributed by atoms with Crippen LogP contribution in [-0.4, -0.2) is 9.55 Å². The van der Waals surface area contributed by atoms with Gasteiger partial charge in [-0.2, -0.15) is 0 Å². The molecule has 0 aliphatic rings. The predicted octanol–water partition coefficient (Wildman–Crippen LogP) is 2.56. The minimum Gasteiger partial charge on any atom is -0.383 e. The van der Waals surface area contributed by atoms with Crippen LogP contribution in [0.15, 0.2) is 0 Å². The summed E-state index contributed by atoms with van der Waals surface area (Å²) >= 11 is 6.81. The van der Waals surface area contributed by atoms with Crippen LogP contribution in [0.25, 0.3) is 10.2 Å². The third kappa shape index (κ3) is 1.16. The summed E-state index contributed by atoms with van der Waals surface area (Å²) in [5, 5.41) is 1.05. The van der Waals surface area contributed by atoms with Crippen molar-refractivity contribution in [1.29, 1.82) is 0 Å². The highest BCUT2D eigenvalue weighted by atomic mass is 32.1. The minimum atomic E-state index is 0.538. The van der Waals surface area contributed by atoms with E-state index < -0.39 is 0 Å². The summed E-state index contributed by atoms with van der Waals surface area (Å²) in [6, 6.07) is 0. The fourth-order valence-corrected chi connectivity index (χ4v) is 2.84. The van der Waals surface area contributed by atoms with Crippen LogP contribution >= 0.6 is 23.6 Å². The van der Waals surface area contributed by atoms with Crippen LogP contribution in [0.4, 0.5) is 5.82 Å². The Morgan fingerprint density at radius 3 is 2.71 bits per heavy atom. The molecule has 0 aliphatic carbocycles. The van der Waals surface area contributed by atoms with Crippen LogP contribution in [0.5, 0.6) is 0 Å². The van der Waals surface area contributed by atoms with Crippen molar-refractivity contribution in [3.8, 4) is 0 Å². The number of hydrogen-bond acceptors (Lipinski definition) is 4. The van der Waals surface area contributed by atoms with E-state index in [4.69, 9.17) is 18.0 Å². The van der Waals surface area contributed by atoms with Crippen LogP contribution < -0.4 is 5.73 Å². The van der Waals surface area contributed by atoms with Crippen molar-refractivity contribution in [3.63, 3.8) is 0 Å². The minimum absolute atomic E-state index is 0.538. The van der Waals surface area contributed by atoms with Gasteiger partial charge in [-0.25, -0.2) is 4.98 Å². The van der Waals surface area contributed by atoms with E-state index in [0.29, 0.717) is 10.6 Å². The average molecular weight is 225 g/mol. The molecule has 0 amide bonds. The van der Waals surface area contributed by atoms with Crippen molar-refractivity contribution in [2.75, 3.05) is 5.73 Å². The first-order valence-electron chi connectivity index (χ1n) is 4.24. The van der Waals surface area contributed by atoms with E-state index >= 15 is 0 Å². The van der Waals surface area contributed by atoms with E-state index in [-0.39, 0.29) is 0 Å². The van der Waals surface area contributed by atoms with Crippen molar-refractivity contribution < 1.29 is 0 Å². The lowest BCUT2D eigenvalue weighted by Crippen LogP contribution is -2.00. The number of hydrogen-bond donors (Lipinski definition) is 1. The van der Waals surface area contributed by atoms with Gasteiger partial charge in [0.15, 0.2) is 0 Å². The van der Waals surface area contributed by atoms with Crippen LogP contribution in [0, 0.1) is 18.6 Å². The fourth-order valence-electron chi connectivity index (χ4n) is 1.47. The van der Waals surface area contributed by atoms with Gasteiger partial charge in [0.1, 0.15) is 10.6 Å². The van der Waals surface area contributed by atoms with E-state index in [0.717, 1.165) is 10.2 Å². The van der Waals surface area contributed by atoms with Crippen molar-refractivity contribution in [2.24, 2.45) is 7.05 Å². The quantitative estimate of drug-likeness (QED) is 0.701. The van der Waals surface area contributed by atoms with Crippen molar-refractivity contribution in [3.05, 3.63) is 15.2 Å². The summed E-state index contributed by atoms with van der Waals surface area (Å²) in [6.07, 6.45) is 0. The normalized spacial score (nSPS) is 11.1. The number of nitrogens with two attached hydrogens (primary N) is 1. The van der Waals surface area contributed by atoms with Gasteiger partial charge in [-0.15, -0.1) is 11.3 Å². The smallest absolute Gasteiger partial charge is 0.202 e. The molecule has 5 heteroatoms. The molecule has 2 rings (SSSR count). The molecule has 2 aromatic rings. The Morgan fingerprint density at radius 1 is 1.43 bits per heavy atom. The summed E-state index contributed by atoms with van der Waals surface area (Å²) < 4.78 is 2.45. The molecule has 0 atom stereocenters. The maximum absolute atomic E-state index is 5.86. The summed E-state index contributed by atoms with van der Waals surface area (Å²) in [5.74, 6) is 0.546. The third-order valence-corrected chi connectivity index (χ3v) is 4.08. The van der Waals surface area contributed by atoms with Crippen molar-refractivity contribution in [1.82, 2.24) is 9.55 Å². The number of aromatic nitrogens is 2. The highest BCUT2D eigenvalue weighted by Crippen LogP contribution is 2.32. The Labute approximate surface area is 91.2 Å². The maximum atomic E-state index is 5.86. The van der Waals surface area contributed by atoms with Gasteiger partial charge in [0, 0.05) is 11.9 Å². The second-order valence-electron chi connectivity index (χ2n) is 3.30. The molecular weight excluding hydrogens is 214 g/mol. The van der Waals surface area contributed by atoms with Gasteiger partial charge in [-0.05, 0) is 31.6 Å². The van der Waals surface area contributed by atoms with Gasteiger partial charge in [0.05, 0.1) is 5.39 Å². The predicted molar refractivity (Wildman–Crippen MR) is 63.3 cm³/mol. The van der Waals surface area contributed by atoms with E-state index in [1.807, 2.05) is 11.6 Å². The molecule has 2 N–H and O–H groups in total. The van der Waals surface area contributed by atoms with Crippen LogP contribution in [0.1, 0.15) is 10.4 Å². The molecule has 2 aromatic heterocycles. The Hall–Kier alpha value is -0.940. The van der Waals surface area contributed by atoms with E-state index in [1.165, 1.54) is 10.4 Å². The fraction of sp³-hybridized carbons (Fsp3) is 0.333. The van der Waals surface area contributed by atoms with Crippen molar-refractivity contribution >= 4 is 39.6 Å². The summed E-state index contributed by atoms with van der Waals surface area (Å²) in [7, 11) is 1.92. The van der Waals surface area contributed by atoms with Gasteiger partial charge in [-0.3, -0.25) is 0 Å². The molecule has 0 bridgehead atoms.